The first kappa shape index (κ1) is 25.7. The minimum Gasteiger partial charge on any atom is -0.507 e. The van der Waals surface area contributed by atoms with E-state index in [2.05, 4.69) is 4.90 Å². The van der Waals surface area contributed by atoms with E-state index in [1.54, 1.807) is 0 Å². The average molecular weight is 512 g/mol. The molecule has 3 aliphatic carbocycles. The van der Waals surface area contributed by atoms with Gasteiger partial charge in [0.2, 0.25) is 0 Å². The largest absolute Gasteiger partial charge is 0.507 e. The Bertz CT molecular complexity index is 1170. The average Bonchev–Trinajstić information content (AvgIpc) is 3.26. The molecule has 34 heavy (non-hydrogen) atoms. The molecule has 1 aromatic carbocycles. The molecule has 1 amide bonds. The molecule has 11 heteroatoms. The van der Waals surface area contributed by atoms with Crippen molar-refractivity contribution in [3.63, 3.8) is 0 Å². The van der Waals surface area contributed by atoms with Gasteiger partial charge in [0.05, 0.1) is 11.6 Å². The molecule has 5 rings (SSSR count). The van der Waals surface area contributed by atoms with E-state index >= 15 is 0 Å². The maximum atomic E-state index is 12.6. The van der Waals surface area contributed by atoms with Gasteiger partial charge in [0, 0.05) is 35.8 Å². The second kappa shape index (κ2) is 9.05. The van der Waals surface area contributed by atoms with Gasteiger partial charge in [0.15, 0.2) is 5.78 Å². The topological polar surface area (TPSA) is 170 Å². The van der Waals surface area contributed by atoms with Crippen LogP contribution in [0.5, 0.6) is 5.75 Å². The SMILES string of the molecule is Cl.Cl.NC(=O)C1=C(O)C2=C(O)C3=C(O)c4c(O)ccc(N5CCCC5)c4C[C@H]3C[C@H]2[C@@H](N)C1=O. The zero-order valence-electron chi connectivity index (χ0n) is 18.2. The molecule has 1 saturated heterocycles. The summed E-state index contributed by atoms with van der Waals surface area (Å²) in [7, 11) is 0. The Balaban J connectivity index is 0.00000162. The quantitative estimate of drug-likeness (QED) is 0.328. The Labute approximate surface area is 208 Å². The minimum absolute atomic E-state index is 0. The van der Waals surface area contributed by atoms with Gasteiger partial charge >= 0.3 is 0 Å². The molecule has 3 atom stereocenters. The zero-order chi connectivity index (χ0) is 22.9. The summed E-state index contributed by atoms with van der Waals surface area (Å²) in [6.45, 7) is 1.76. The number of aliphatic hydroxyl groups excluding tert-OH is 3. The summed E-state index contributed by atoms with van der Waals surface area (Å²) in [4.78, 5) is 26.5. The predicted molar refractivity (Wildman–Crippen MR) is 130 cm³/mol. The number of anilines is 1. The highest BCUT2D eigenvalue weighted by Gasteiger charge is 2.49. The van der Waals surface area contributed by atoms with Crippen molar-refractivity contribution in [2.45, 2.75) is 31.7 Å². The molecule has 0 spiro atoms. The minimum atomic E-state index is -1.15. The van der Waals surface area contributed by atoms with Gasteiger partial charge in [-0.05, 0) is 49.3 Å². The van der Waals surface area contributed by atoms with Crippen LogP contribution in [0.4, 0.5) is 5.69 Å². The molecule has 1 fully saturated rings. The molecule has 184 valence electrons. The van der Waals surface area contributed by atoms with E-state index in [0.717, 1.165) is 37.2 Å². The molecule has 0 radical (unpaired) electrons. The summed E-state index contributed by atoms with van der Waals surface area (Å²) in [5.41, 5.74) is 12.8. The van der Waals surface area contributed by atoms with Crippen LogP contribution in [-0.4, -0.2) is 51.2 Å². The number of carbonyl (C=O) groups excluding carboxylic acids is 2. The highest BCUT2D eigenvalue weighted by atomic mass is 35.5. The van der Waals surface area contributed by atoms with Gasteiger partial charge < -0.3 is 36.8 Å². The molecule has 4 aliphatic rings. The van der Waals surface area contributed by atoms with E-state index in [0.29, 0.717) is 6.42 Å². The van der Waals surface area contributed by atoms with Crippen LogP contribution in [0, 0.1) is 11.8 Å². The number of benzene rings is 1. The Hall–Kier alpha value is -2.88. The molecular weight excluding hydrogens is 485 g/mol. The highest BCUT2D eigenvalue weighted by molar-refractivity contribution is 6.22. The van der Waals surface area contributed by atoms with Crippen molar-refractivity contribution >= 4 is 48.0 Å². The normalized spacial score (nSPS) is 25.9. The van der Waals surface area contributed by atoms with E-state index < -0.39 is 40.7 Å². The number of nitrogens with zero attached hydrogens (tertiary/aromatic N) is 1. The Morgan fingerprint density at radius 2 is 1.62 bits per heavy atom. The molecule has 1 aliphatic heterocycles. The van der Waals surface area contributed by atoms with Gasteiger partial charge in [-0.2, -0.15) is 0 Å². The molecule has 0 aromatic heterocycles. The van der Waals surface area contributed by atoms with Crippen molar-refractivity contribution in [1.29, 1.82) is 0 Å². The van der Waals surface area contributed by atoms with Crippen LogP contribution in [0.3, 0.4) is 0 Å². The standard InChI is InChI=1S/C23H25N3O6.2ClH/c24-18-11-8-9-7-10-12(26-5-1-2-6-26)3-4-13(27)15(10)19(28)14(9)20(29)16(11)21(30)17(22(18)31)23(25)32;;/h3-4,9,11,18,27-30H,1-2,5-8,24H2,(H2,25,32);2*1H/t9-,11+,18+;;/m0../s1. The number of nitrogens with two attached hydrogens (primary N) is 2. The third-order valence-electron chi connectivity index (χ3n) is 7.20. The number of aliphatic hydroxyl groups is 3. The van der Waals surface area contributed by atoms with E-state index in [1.807, 2.05) is 6.07 Å². The lowest BCUT2D eigenvalue weighted by atomic mass is 9.65. The Morgan fingerprint density at radius 3 is 2.24 bits per heavy atom. The maximum absolute atomic E-state index is 12.6. The number of aromatic hydroxyl groups is 1. The first-order valence-corrected chi connectivity index (χ1v) is 10.7. The smallest absolute Gasteiger partial charge is 0.256 e. The summed E-state index contributed by atoms with van der Waals surface area (Å²) in [5.74, 6) is -4.55. The number of amides is 1. The van der Waals surface area contributed by atoms with E-state index in [-0.39, 0.29) is 65.4 Å². The number of halogens is 2. The van der Waals surface area contributed by atoms with Crippen molar-refractivity contribution in [1.82, 2.24) is 0 Å². The molecule has 0 unspecified atom stereocenters. The number of phenolic OH excluding ortho intramolecular Hbond substituents is 1. The lowest BCUT2D eigenvalue weighted by Crippen LogP contribution is -2.49. The second-order valence-electron chi connectivity index (χ2n) is 8.90. The molecule has 9 nitrogen and oxygen atoms in total. The van der Waals surface area contributed by atoms with Gasteiger partial charge in [-0.25, -0.2) is 0 Å². The molecule has 0 bridgehead atoms. The number of ketones is 1. The summed E-state index contributed by atoms with van der Waals surface area (Å²) in [6, 6.07) is 2.21. The van der Waals surface area contributed by atoms with Crippen LogP contribution in [0.1, 0.15) is 30.4 Å². The van der Waals surface area contributed by atoms with E-state index in [4.69, 9.17) is 11.5 Å². The monoisotopic (exact) mass is 511 g/mol. The Morgan fingerprint density at radius 1 is 0.971 bits per heavy atom. The number of rotatable bonds is 2. The van der Waals surface area contributed by atoms with Gasteiger partial charge in [0.25, 0.3) is 5.91 Å². The van der Waals surface area contributed by atoms with Crippen LogP contribution < -0.4 is 16.4 Å². The predicted octanol–water partition coefficient (Wildman–Crippen LogP) is 2.32. The van der Waals surface area contributed by atoms with Gasteiger partial charge in [-0.1, -0.05) is 0 Å². The lowest BCUT2D eigenvalue weighted by molar-refractivity contribution is -0.123. The van der Waals surface area contributed by atoms with E-state index in [9.17, 15) is 30.0 Å². The number of allylic oxidation sites excluding steroid dienone is 2. The number of hydrogen-bond donors (Lipinski definition) is 6. The van der Waals surface area contributed by atoms with Gasteiger partial charge in [0.1, 0.15) is 28.6 Å². The van der Waals surface area contributed by atoms with Crippen molar-refractivity contribution in [3.8, 4) is 5.75 Å². The molecule has 1 heterocycles. The third kappa shape index (κ3) is 3.50. The Kier molecular flexibility index (Phi) is 6.85. The van der Waals surface area contributed by atoms with Crippen molar-refractivity contribution in [3.05, 3.63) is 51.5 Å². The van der Waals surface area contributed by atoms with Crippen LogP contribution in [0.25, 0.3) is 5.76 Å². The number of hydrogen-bond acceptors (Lipinski definition) is 8. The number of fused-ring (bicyclic) bond motifs is 3. The molecular formula is C23H27Cl2N3O6. The number of Topliss-reactive ketones (excluding diaryl/α,β-unsaturated/α-hetero) is 1. The zero-order valence-corrected chi connectivity index (χ0v) is 19.8. The fourth-order valence-corrected chi connectivity index (χ4v) is 5.73. The summed E-state index contributed by atoms with van der Waals surface area (Å²) < 4.78 is 0. The maximum Gasteiger partial charge on any atom is 0.256 e. The fourth-order valence-electron chi connectivity index (χ4n) is 5.73. The molecule has 8 N–H and O–H groups in total. The van der Waals surface area contributed by atoms with Crippen molar-refractivity contribution in [2.75, 3.05) is 18.0 Å². The third-order valence-corrected chi connectivity index (χ3v) is 7.20. The van der Waals surface area contributed by atoms with Crippen LogP contribution in [0.15, 0.2) is 40.4 Å². The lowest BCUT2D eigenvalue weighted by Gasteiger charge is -2.41. The first-order valence-electron chi connectivity index (χ1n) is 10.7. The summed E-state index contributed by atoms with van der Waals surface area (Å²) in [6.07, 6.45) is 2.81. The fraction of sp³-hybridized carbons (Fsp3) is 0.391. The first-order chi connectivity index (χ1) is 15.2. The summed E-state index contributed by atoms with van der Waals surface area (Å²) in [5, 5.41) is 43.4. The van der Waals surface area contributed by atoms with Crippen LogP contribution in [-0.2, 0) is 16.0 Å². The number of phenols is 1. The van der Waals surface area contributed by atoms with Crippen molar-refractivity contribution in [2.24, 2.45) is 23.3 Å². The molecule has 0 saturated carbocycles. The van der Waals surface area contributed by atoms with Crippen molar-refractivity contribution < 1.29 is 30.0 Å². The number of primary amides is 1. The van der Waals surface area contributed by atoms with Gasteiger partial charge in [-0.15, -0.1) is 24.8 Å². The second-order valence-corrected chi connectivity index (χ2v) is 8.90. The number of carbonyl (C=O) groups is 2. The van der Waals surface area contributed by atoms with Crippen LogP contribution >= 0.6 is 24.8 Å². The van der Waals surface area contributed by atoms with E-state index in [1.165, 1.54) is 6.07 Å². The summed E-state index contributed by atoms with van der Waals surface area (Å²) >= 11 is 0. The van der Waals surface area contributed by atoms with Gasteiger partial charge in [-0.3, -0.25) is 9.59 Å². The van der Waals surface area contributed by atoms with Crippen LogP contribution in [0.2, 0.25) is 0 Å². The highest BCUT2D eigenvalue weighted by Crippen LogP contribution is 2.52. The molecule has 1 aromatic rings.